The minimum Gasteiger partial charge on any atom is -0.468 e. The SMILES string of the molecule is [2H]c1c([2H])c([2H])c(-c2ccc(N(c3ccccc3)c3cc4c5c(c3)N(c3ccc(C(C)(C)C)cc3)c3c(oc6ccc(C(C)(C)C)cc36)B5c3cc5c(cc3N4c3ccc4c(c3)C(C)(C)CCC4(C)C)C(C)(C)CCC5(C)C)cc2)c([2H])c1[2H]. The first kappa shape index (κ1) is 45.6. The maximum Gasteiger partial charge on any atom is 0.297 e. The van der Waals surface area contributed by atoms with Gasteiger partial charge in [0.15, 0.2) is 0 Å². The number of para-hydroxylation sites is 1. The molecule has 1 aromatic heterocycles. The van der Waals surface area contributed by atoms with E-state index in [1.54, 1.807) is 0 Å². The van der Waals surface area contributed by atoms with Gasteiger partial charge in [-0.2, -0.15) is 0 Å². The average Bonchev–Trinajstić information content (AvgIpc) is 1.28. The van der Waals surface area contributed by atoms with Crippen molar-refractivity contribution in [2.24, 2.45) is 0 Å². The maximum absolute atomic E-state index is 8.93. The topological polar surface area (TPSA) is 22.9 Å². The number of rotatable bonds is 6. The minimum absolute atomic E-state index is 0.0178. The van der Waals surface area contributed by atoms with Gasteiger partial charge in [0.05, 0.1) is 23.9 Å². The van der Waals surface area contributed by atoms with Crippen LogP contribution < -0.4 is 31.3 Å². The van der Waals surface area contributed by atoms with Crippen molar-refractivity contribution in [1.29, 1.82) is 0 Å². The molecular weight excluding hydrogens is 958 g/mol. The molecule has 0 bridgehead atoms. The second-order valence-corrected chi connectivity index (χ2v) is 28.0. The number of nitrogens with zero attached hydrogens (tertiary/aromatic N) is 3. The van der Waals surface area contributed by atoms with Gasteiger partial charge in [-0.05, 0) is 192 Å². The summed E-state index contributed by atoms with van der Waals surface area (Å²) >= 11 is 0. The van der Waals surface area contributed by atoms with E-state index in [0.29, 0.717) is 5.56 Å². The third-order valence-electron chi connectivity index (χ3n) is 18.8. The number of furan rings is 1. The fraction of sp³-hybridized carbons (Fsp3) is 0.324. The van der Waals surface area contributed by atoms with E-state index in [1.807, 2.05) is 30.3 Å². The number of hydrogen-bond acceptors (Lipinski definition) is 4. The molecule has 2 aliphatic heterocycles. The summed E-state index contributed by atoms with van der Waals surface area (Å²) in [5.41, 5.74) is 21.8. The van der Waals surface area contributed by atoms with Crippen molar-refractivity contribution in [3.05, 3.63) is 203 Å². The average molecular weight is 1040 g/mol. The first-order chi connectivity index (χ1) is 39.5. The van der Waals surface area contributed by atoms with Gasteiger partial charge in [0.1, 0.15) is 5.58 Å². The predicted octanol–water partition coefficient (Wildman–Crippen LogP) is 18.9. The van der Waals surface area contributed by atoms with Crippen LogP contribution in [0.25, 0.3) is 22.1 Å². The van der Waals surface area contributed by atoms with Gasteiger partial charge in [-0.15, -0.1) is 0 Å². The lowest BCUT2D eigenvalue weighted by Gasteiger charge is -2.47. The van der Waals surface area contributed by atoms with Gasteiger partial charge < -0.3 is 19.1 Å². The van der Waals surface area contributed by atoms with E-state index >= 15 is 0 Å². The standard InChI is InChI=1S/C74H78BN3O/c1-69(2,3)49-27-32-53(33-28-49)78-64-44-55(76(51-23-19-16-20-24-51)52-30-25-48(26-31-52)47-21-17-15-18-22-47)43-63-66(64)75(68-67(78)56-41-50(70(4,5)6)29-36-65(56)79-68)61-45-59-60(74(13,14)40-39-73(59,11)12)46-62(61)77(63)54-34-35-57-58(42-54)72(9,10)38-37-71(57,7)8/h15-36,41-46H,37-40H2,1-14H3/i15D,17D,18D,21D,22D. The second-order valence-electron chi connectivity index (χ2n) is 28.0. The zero-order chi connectivity index (χ0) is 59.7. The summed E-state index contributed by atoms with van der Waals surface area (Å²) in [7, 11) is 0. The van der Waals surface area contributed by atoms with Crippen LogP contribution in [0.15, 0.2) is 174 Å². The molecule has 398 valence electrons. The van der Waals surface area contributed by atoms with Crippen LogP contribution in [-0.4, -0.2) is 6.71 Å². The fourth-order valence-electron chi connectivity index (χ4n) is 13.7. The smallest absolute Gasteiger partial charge is 0.297 e. The summed E-state index contributed by atoms with van der Waals surface area (Å²) in [4.78, 5) is 7.40. The van der Waals surface area contributed by atoms with Crippen LogP contribution >= 0.6 is 0 Å². The molecule has 0 fully saturated rings. The summed E-state index contributed by atoms with van der Waals surface area (Å²) in [5.74, 6) is 0. The Kier molecular flexibility index (Phi) is 10.2. The van der Waals surface area contributed by atoms with E-state index in [2.05, 4.69) is 221 Å². The first-order valence-electron chi connectivity index (χ1n) is 31.3. The Hall–Kier alpha value is -7.24. The molecule has 0 saturated carbocycles. The molecule has 4 aliphatic rings. The molecule has 0 radical (unpaired) electrons. The molecule has 0 unspecified atom stereocenters. The molecule has 13 rings (SSSR count). The van der Waals surface area contributed by atoms with Crippen LogP contribution in [0.4, 0.5) is 51.2 Å². The lowest BCUT2D eigenvalue weighted by molar-refractivity contribution is 0.332. The van der Waals surface area contributed by atoms with Crippen molar-refractivity contribution in [1.82, 2.24) is 0 Å². The van der Waals surface area contributed by atoms with E-state index in [4.69, 9.17) is 11.3 Å². The van der Waals surface area contributed by atoms with Gasteiger partial charge in [-0.1, -0.05) is 188 Å². The van der Waals surface area contributed by atoms with Gasteiger partial charge in [-0.25, -0.2) is 0 Å². The third kappa shape index (κ3) is 8.30. The molecule has 0 atom stereocenters. The molecule has 2 aliphatic carbocycles. The van der Waals surface area contributed by atoms with Gasteiger partial charge in [0.2, 0.25) is 0 Å². The molecule has 0 N–H and O–H groups in total. The normalized spacial score (nSPS) is 18.3. The maximum atomic E-state index is 8.93. The van der Waals surface area contributed by atoms with E-state index < -0.39 is 6.04 Å². The number of benzene rings is 8. The quantitative estimate of drug-likeness (QED) is 0.155. The highest BCUT2D eigenvalue weighted by Crippen LogP contribution is 2.55. The van der Waals surface area contributed by atoms with Gasteiger partial charge in [-0.3, -0.25) is 0 Å². The molecule has 4 nitrogen and oxygen atoms in total. The lowest BCUT2D eigenvalue weighted by atomic mass is 9.35. The zero-order valence-electron chi connectivity index (χ0n) is 53.9. The molecule has 9 aromatic rings. The largest absolute Gasteiger partial charge is 0.468 e. The Bertz CT molecular complexity index is 4150. The molecule has 0 amide bonds. The van der Waals surface area contributed by atoms with Crippen molar-refractivity contribution in [3.8, 4) is 11.1 Å². The zero-order valence-corrected chi connectivity index (χ0v) is 48.9. The van der Waals surface area contributed by atoms with E-state index in [1.165, 1.54) is 44.3 Å². The predicted molar refractivity (Wildman–Crippen MR) is 338 cm³/mol. The van der Waals surface area contributed by atoms with Gasteiger partial charge in [0.25, 0.3) is 6.71 Å². The Morgan fingerprint density at radius 3 is 1.65 bits per heavy atom. The molecule has 3 heterocycles. The molecule has 5 heteroatoms. The Labute approximate surface area is 478 Å². The van der Waals surface area contributed by atoms with Crippen LogP contribution in [0, 0.1) is 0 Å². The third-order valence-corrected chi connectivity index (χ3v) is 18.8. The highest BCUT2D eigenvalue weighted by atomic mass is 16.3. The van der Waals surface area contributed by atoms with Crippen LogP contribution in [0.1, 0.15) is 163 Å². The monoisotopic (exact) mass is 1040 g/mol. The van der Waals surface area contributed by atoms with Gasteiger partial charge in [0, 0.05) is 45.2 Å². The highest BCUT2D eigenvalue weighted by molar-refractivity contribution is 7.00. The van der Waals surface area contributed by atoms with E-state index in [-0.39, 0.29) is 68.9 Å². The summed E-state index contributed by atoms with van der Waals surface area (Å²) in [5, 5.41) is 1.07. The lowest BCUT2D eigenvalue weighted by Crippen LogP contribution is -2.61. The van der Waals surface area contributed by atoms with Crippen LogP contribution in [-0.2, 0) is 32.5 Å². The summed E-state index contributed by atoms with van der Waals surface area (Å²) in [6.45, 7) is 32.8. The number of fused-ring (bicyclic) bond motifs is 8. The Balaban J connectivity index is 1.17. The van der Waals surface area contributed by atoms with Crippen LogP contribution in [0.5, 0.6) is 0 Å². The minimum atomic E-state index is -0.407. The highest BCUT2D eigenvalue weighted by Gasteiger charge is 2.50. The summed E-state index contributed by atoms with van der Waals surface area (Å²) < 4.78 is 50.9. The fourth-order valence-corrected chi connectivity index (χ4v) is 13.7. The van der Waals surface area contributed by atoms with Crippen LogP contribution in [0.2, 0.25) is 0 Å². The number of hydrogen-bond donors (Lipinski definition) is 0. The van der Waals surface area contributed by atoms with Crippen molar-refractivity contribution < 1.29 is 11.3 Å². The van der Waals surface area contributed by atoms with Crippen molar-refractivity contribution >= 4 is 85.5 Å². The first-order valence-corrected chi connectivity index (χ1v) is 28.8. The van der Waals surface area contributed by atoms with E-state index in [9.17, 15) is 0 Å². The molecule has 79 heavy (non-hydrogen) atoms. The van der Waals surface area contributed by atoms with Crippen molar-refractivity contribution in [2.75, 3.05) is 14.7 Å². The van der Waals surface area contributed by atoms with Crippen LogP contribution in [0.3, 0.4) is 0 Å². The Morgan fingerprint density at radius 2 is 1.03 bits per heavy atom. The van der Waals surface area contributed by atoms with Gasteiger partial charge >= 0.3 is 0 Å². The summed E-state index contributed by atoms with van der Waals surface area (Å²) in [6.07, 6.45) is 4.38. The Morgan fingerprint density at radius 1 is 0.481 bits per heavy atom. The van der Waals surface area contributed by atoms with E-state index in [0.717, 1.165) is 93.5 Å². The molecule has 0 saturated heterocycles. The number of anilines is 9. The van der Waals surface area contributed by atoms with Crippen molar-refractivity contribution in [3.63, 3.8) is 0 Å². The second kappa shape index (κ2) is 17.6. The molecular formula is C74H78BN3O. The molecule has 8 aromatic carbocycles. The summed E-state index contributed by atoms with van der Waals surface area (Å²) in [6, 6.07) is 50.0. The molecule has 0 spiro atoms. The van der Waals surface area contributed by atoms with Crippen molar-refractivity contribution in [2.45, 2.75) is 155 Å².